The number of nitrogens with zero attached hydrogens (tertiary/aromatic N) is 1. The lowest BCUT2D eigenvalue weighted by Gasteiger charge is -2.15. The average Bonchev–Trinajstić information content (AvgIpc) is 3.02. The molecule has 0 bridgehead atoms. The van der Waals surface area contributed by atoms with E-state index in [9.17, 15) is 18.0 Å². The van der Waals surface area contributed by atoms with Crippen molar-refractivity contribution in [3.8, 4) is 0 Å². The van der Waals surface area contributed by atoms with Crippen molar-refractivity contribution < 1.29 is 27.4 Å². The summed E-state index contributed by atoms with van der Waals surface area (Å²) in [6.45, 7) is 1.70. The van der Waals surface area contributed by atoms with E-state index in [0.717, 1.165) is 12.1 Å². The molecule has 0 saturated carbocycles. The van der Waals surface area contributed by atoms with Crippen LogP contribution >= 0.6 is 0 Å². The summed E-state index contributed by atoms with van der Waals surface area (Å²) in [6, 6.07) is 4.91. The highest BCUT2D eigenvalue weighted by Gasteiger charge is 2.30. The first-order valence-electron chi connectivity index (χ1n) is 7.62. The fourth-order valence-electron chi connectivity index (χ4n) is 2.42. The smallest absolute Gasteiger partial charge is 0.381 e. The molecule has 1 amide bonds. The first kappa shape index (κ1) is 18.5. The lowest BCUT2D eigenvalue weighted by Crippen LogP contribution is -2.28. The predicted octanol–water partition coefficient (Wildman–Crippen LogP) is 3.03. The number of ether oxygens (including phenoxy) is 2. The van der Waals surface area contributed by atoms with Crippen LogP contribution in [0.15, 0.2) is 36.4 Å². The highest BCUT2D eigenvalue weighted by atomic mass is 19.4. The van der Waals surface area contributed by atoms with E-state index in [1.54, 1.807) is 18.1 Å². The number of carbonyl (C=O) groups is 1. The Morgan fingerprint density at radius 3 is 2.67 bits per heavy atom. The maximum absolute atomic E-state index is 12.5. The van der Waals surface area contributed by atoms with Gasteiger partial charge in [0.15, 0.2) is 0 Å². The van der Waals surface area contributed by atoms with Crippen molar-refractivity contribution >= 4 is 5.91 Å². The van der Waals surface area contributed by atoms with Crippen LogP contribution in [0.5, 0.6) is 0 Å². The van der Waals surface area contributed by atoms with E-state index in [2.05, 4.69) is 0 Å². The van der Waals surface area contributed by atoms with Crippen molar-refractivity contribution in [1.29, 1.82) is 0 Å². The van der Waals surface area contributed by atoms with Crippen LogP contribution in [0.3, 0.4) is 0 Å². The molecule has 24 heavy (non-hydrogen) atoms. The molecule has 2 rings (SSSR count). The molecule has 1 atom stereocenters. The van der Waals surface area contributed by atoms with Crippen molar-refractivity contribution in [2.75, 3.05) is 26.8 Å². The van der Waals surface area contributed by atoms with E-state index in [1.165, 1.54) is 18.2 Å². The van der Waals surface area contributed by atoms with Crippen molar-refractivity contribution in [3.05, 3.63) is 47.5 Å². The second-order valence-corrected chi connectivity index (χ2v) is 5.56. The molecule has 0 radical (unpaired) electrons. The number of hydrogen-bond donors (Lipinski definition) is 0. The highest BCUT2D eigenvalue weighted by Crippen LogP contribution is 2.29. The Morgan fingerprint density at radius 1 is 1.33 bits per heavy atom. The minimum absolute atomic E-state index is 0.0901. The maximum Gasteiger partial charge on any atom is 0.416 e. The summed E-state index contributed by atoms with van der Waals surface area (Å²) in [6.07, 6.45) is -0.598. The molecule has 0 aliphatic carbocycles. The monoisotopic (exact) mass is 343 g/mol. The number of rotatable bonds is 6. The van der Waals surface area contributed by atoms with Gasteiger partial charge in [0.25, 0.3) is 0 Å². The van der Waals surface area contributed by atoms with Gasteiger partial charge >= 0.3 is 6.18 Å². The molecule has 0 unspecified atom stereocenters. The van der Waals surface area contributed by atoms with Crippen LogP contribution < -0.4 is 0 Å². The fraction of sp³-hybridized carbons (Fsp3) is 0.471. The fourth-order valence-corrected chi connectivity index (χ4v) is 2.42. The van der Waals surface area contributed by atoms with Gasteiger partial charge in [0, 0.05) is 26.3 Å². The molecular formula is C17H20F3NO3. The number of halogens is 3. The molecule has 1 aliphatic heterocycles. The molecule has 1 fully saturated rings. The molecule has 1 aromatic rings. The predicted molar refractivity (Wildman–Crippen MR) is 82.2 cm³/mol. The minimum Gasteiger partial charge on any atom is -0.381 e. The molecule has 4 nitrogen and oxygen atoms in total. The summed E-state index contributed by atoms with van der Waals surface area (Å²) >= 11 is 0. The molecule has 0 aromatic heterocycles. The van der Waals surface area contributed by atoms with Crippen LogP contribution in [0.25, 0.3) is 0 Å². The van der Waals surface area contributed by atoms with Gasteiger partial charge in [-0.2, -0.15) is 13.2 Å². The number of hydrogen-bond acceptors (Lipinski definition) is 3. The number of benzene rings is 1. The van der Waals surface area contributed by atoms with Gasteiger partial charge in [0.2, 0.25) is 5.91 Å². The summed E-state index contributed by atoms with van der Waals surface area (Å²) < 4.78 is 48.0. The lowest BCUT2D eigenvalue weighted by molar-refractivity contribution is -0.137. The van der Waals surface area contributed by atoms with Crippen molar-refractivity contribution in [2.45, 2.75) is 25.3 Å². The molecule has 0 N–H and O–H groups in total. The van der Waals surface area contributed by atoms with Gasteiger partial charge in [0.1, 0.15) is 0 Å². The number of likely N-dealkylation sites (tertiary alicyclic amines) is 1. The molecule has 1 aliphatic rings. The minimum atomic E-state index is -4.33. The number of methoxy groups -OCH3 is 1. The summed E-state index contributed by atoms with van der Waals surface area (Å²) in [5.74, 6) is -0.0901. The van der Waals surface area contributed by atoms with E-state index in [0.29, 0.717) is 31.7 Å². The standard InChI is InChI=1S/C17H20F3NO3/c1-23-10-2-3-16(22)21-9-8-15(11-21)24-12-13-4-6-14(7-5-13)17(18,19)20/h2-7,15H,8-12H2,1H3/b3-2+/t15-/m0/s1. The molecular weight excluding hydrogens is 323 g/mol. The van der Waals surface area contributed by atoms with Crippen LogP contribution in [0.2, 0.25) is 0 Å². The number of amides is 1. The second kappa shape index (κ2) is 8.30. The van der Waals surface area contributed by atoms with Crippen LogP contribution in [-0.2, 0) is 27.1 Å². The Hall–Kier alpha value is -1.86. The third-order valence-corrected chi connectivity index (χ3v) is 3.75. The van der Waals surface area contributed by atoms with E-state index in [4.69, 9.17) is 9.47 Å². The maximum atomic E-state index is 12.5. The van der Waals surface area contributed by atoms with Gasteiger partial charge < -0.3 is 14.4 Å². The van der Waals surface area contributed by atoms with Gasteiger partial charge in [-0.25, -0.2) is 0 Å². The number of carbonyl (C=O) groups excluding carboxylic acids is 1. The zero-order valence-electron chi connectivity index (χ0n) is 13.4. The molecule has 1 saturated heterocycles. The van der Waals surface area contributed by atoms with E-state index in [-0.39, 0.29) is 18.6 Å². The van der Waals surface area contributed by atoms with E-state index >= 15 is 0 Å². The highest BCUT2D eigenvalue weighted by molar-refractivity contribution is 5.87. The van der Waals surface area contributed by atoms with Gasteiger partial charge in [-0.1, -0.05) is 18.2 Å². The van der Waals surface area contributed by atoms with Gasteiger partial charge in [0.05, 0.1) is 24.9 Å². The van der Waals surface area contributed by atoms with Gasteiger partial charge in [-0.3, -0.25) is 4.79 Å². The number of alkyl halides is 3. The molecule has 7 heteroatoms. The van der Waals surface area contributed by atoms with Crippen molar-refractivity contribution in [1.82, 2.24) is 4.90 Å². The van der Waals surface area contributed by atoms with Crippen LogP contribution in [-0.4, -0.2) is 43.7 Å². The third kappa shape index (κ3) is 5.35. The Balaban J connectivity index is 1.78. The Kier molecular flexibility index (Phi) is 6.39. The quantitative estimate of drug-likeness (QED) is 0.746. The third-order valence-electron chi connectivity index (χ3n) is 3.75. The summed E-state index contributed by atoms with van der Waals surface area (Å²) in [5, 5.41) is 0. The lowest BCUT2D eigenvalue weighted by atomic mass is 10.1. The van der Waals surface area contributed by atoms with Crippen LogP contribution in [0.4, 0.5) is 13.2 Å². The first-order chi connectivity index (χ1) is 11.4. The zero-order chi connectivity index (χ0) is 17.6. The second-order valence-electron chi connectivity index (χ2n) is 5.56. The van der Waals surface area contributed by atoms with E-state index < -0.39 is 11.7 Å². The Bertz CT molecular complexity index is 569. The Morgan fingerprint density at radius 2 is 2.04 bits per heavy atom. The largest absolute Gasteiger partial charge is 0.416 e. The molecule has 1 heterocycles. The molecule has 0 spiro atoms. The molecule has 1 aromatic carbocycles. The average molecular weight is 343 g/mol. The van der Waals surface area contributed by atoms with Crippen LogP contribution in [0, 0.1) is 0 Å². The van der Waals surface area contributed by atoms with Crippen molar-refractivity contribution in [3.63, 3.8) is 0 Å². The summed E-state index contributed by atoms with van der Waals surface area (Å²) in [4.78, 5) is 13.6. The van der Waals surface area contributed by atoms with Crippen molar-refractivity contribution in [2.24, 2.45) is 0 Å². The van der Waals surface area contributed by atoms with Gasteiger partial charge in [-0.15, -0.1) is 0 Å². The van der Waals surface area contributed by atoms with Crippen LogP contribution in [0.1, 0.15) is 17.5 Å². The first-order valence-corrected chi connectivity index (χ1v) is 7.62. The zero-order valence-corrected chi connectivity index (χ0v) is 13.4. The SMILES string of the molecule is COC/C=C/C(=O)N1CC[C@H](OCc2ccc(C(F)(F)F)cc2)C1. The normalized spacial score (nSPS) is 18.5. The van der Waals surface area contributed by atoms with Gasteiger partial charge in [-0.05, 0) is 24.1 Å². The molecule has 132 valence electrons. The topological polar surface area (TPSA) is 38.8 Å². The Labute approximate surface area is 138 Å². The summed E-state index contributed by atoms with van der Waals surface area (Å²) in [5.41, 5.74) is -0.000462. The summed E-state index contributed by atoms with van der Waals surface area (Å²) in [7, 11) is 1.55. The van der Waals surface area contributed by atoms with E-state index in [1.807, 2.05) is 0 Å².